The van der Waals surface area contributed by atoms with Gasteiger partial charge in [0.2, 0.25) is 0 Å². The molecular formula is C31H26Cl3NO5. The van der Waals surface area contributed by atoms with Gasteiger partial charge >= 0.3 is 6.15 Å². The summed E-state index contributed by atoms with van der Waals surface area (Å²) in [7, 11) is 0. The zero-order valence-corrected chi connectivity index (χ0v) is 23.9. The highest BCUT2D eigenvalue weighted by atomic mass is 35.5. The Morgan fingerprint density at radius 1 is 0.975 bits per heavy atom. The van der Waals surface area contributed by atoms with Crippen LogP contribution < -0.4 is 4.74 Å². The van der Waals surface area contributed by atoms with E-state index in [2.05, 4.69) is 36.3 Å². The summed E-state index contributed by atoms with van der Waals surface area (Å²) in [5.74, 6) is 2.08. The summed E-state index contributed by atoms with van der Waals surface area (Å²) < 4.78 is 11.9. The second-order valence-corrected chi connectivity index (χ2v) is 11.5. The third kappa shape index (κ3) is 5.83. The van der Waals surface area contributed by atoms with Gasteiger partial charge in [0.1, 0.15) is 23.8 Å². The quantitative estimate of drug-likeness (QED) is 0.230. The number of hydrogen-bond donors (Lipinski definition) is 1. The van der Waals surface area contributed by atoms with Crippen LogP contribution in [0.15, 0.2) is 65.2 Å². The van der Waals surface area contributed by atoms with Crippen molar-refractivity contribution in [2.45, 2.75) is 56.7 Å². The first-order chi connectivity index (χ1) is 19.2. The monoisotopic (exact) mass is 597 g/mol. The maximum atomic E-state index is 11.3. The van der Waals surface area contributed by atoms with Crippen molar-refractivity contribution >= 4 is 41.0 Å². The third-order valence-corrected chi connectivity index (χ3v) is 8.42. The first-order valence-electron chi connectivity index (χ1n) is 12.9. The number of carbonyl (C=O) groups excluding carboxylic acids is 2. The molecule has 1 heterocycles. The summed E-state index contributed by atoms with van der Waals surface area (Å²) in [4.78, 5) is 16.2. The van der Waals surface area contributed by atoms with Gasteiger partial charge in [0.15, 0.2) is 0 Å². The van der Waals surface area contributed by atoms with Crippen LogP contribution in [0.5, 0.6) is 5.75 Å². The number of rotatable bonds is 7. The van der Waals surface area contributed by atoms with E-state index in [4.69, 9.17) is 53.7 Å². The van der Waals surface area contributed by atoms with Crippen LogP contribution in [0.25, 0.3) is 11.3 Å². The second kappa shape index (κ2) is 11.8. The van der Waals surface area contributed by atoms with Crippen molar-refractivity contribution in [2.24, 2.45) is 0 Å². The smallest absolute Gasteiger partial charge is 0.373 e. The largest absolute Gasteiger partial charge is 0.489 e. The van der Waals surface area contributed by atoms with Gasteiger partial charge in [-0.05, 0) is 68.4 Å². The van der Waals surface area contributed by atoms with Gasteiger partial charge in [0.25, 0.3) is 0 Å². The highest BCUT2D eigenvalue weighted by Gasteiger charge is 2.45. The molecule has 9 heteroatoms. The van der Waals surface area contributed by atoms with Gasteiger partial charge in [-0.25, -0.2) is 0 Å². The van der Waals surface area contributed by atoms with E-state index in [9.17, 15) is 5.11 Å². The van der Waals surface area contributed by atoms with Crippen molar-refractivity contribution < 1.29 is 24.0 Å². The topological polar surface area (TPSA) is 89.6 Å². The van der Waals surface area contributed by atoms with Crippen LogP contribution in [0.4, 0.5) is 0 Å². The van der Waals surface area contributed by atoms with Crippen LogP contribution in [0, 0.1) is 6.92 Å². The molecule has 2 fully saturated rings. The number of aromatic nitrogens is 1. The average molecular weight is 599 g/mol. The van der Waals surface area contributed by atoms with Crippen LogP contribution >= 0.6 is 34.8 Å². The minimum atomic E-state index is -0.939. The lowest BCUT2D eigenvalue weighted by atomic mass is 9.65. The molecule has 0 atom stereocenters. The third-order valence-electron chi connectivity index (χ3n) is 7.47. The standard InChI is InChI=1S/C30H26Cl3NO3.CO2/c1-17-4-2-5-19(12-17)20-14-30(35,15-20)23-11-10-21(13-26(23)33)36-16-22-28(34-37-29(22)18-8-9-18)27-24(31)6-3-7-25(27)32;2-1-3/h2-7,10-13,18,20,35H,8-9,14-16H2,1H3;. The maximum absolute atomic E-state index is 11.3. The van der Waals surface area contributed by atoms with Crippen LogP contribution in [-0.2, 0) is 21.8 Å². The molecule has 2 aliphatic carbocycles. The molecule has 0 radical (unpaired) electrons. The second-order valence-electron chi connectivity index (χ2n) is 10.3. The predicted molar refractivity (Wildman–Crippen MR) is 152 cm³/mol. The van der Waals surface area contributed by atoms with Gasteiger partial charge in [0.05, 0.1) is 26.2 Å². The molecular weight excluding hydrogens is 573 g/mol. The number of halogens is 3. The average Bonchev–Trinajstić information content (AvgIpc) is 3.66. The Bertz CT molecular complexity index is 1550. The Morgan fingerprint density at radius 3 is 2.27 bits per heavy atom. The van der Waals surface area contributed by atoms with E-state index in [1.165, 1.54) is 11.1 Å². The molecule has 6 rings (SSSR count). The fourth-order valence-electron chi connectivity index (χ4n) is 5.30. The molecule has 4 aromatic rings. The number of aliphatic hydroxyl groups is 1. The number of aryl methyl sites for hydroxylation is 1. The van der Waals surface area contributed by atoms with Crippen molar-refractivity contribution in [1.29, 1.82) is 0 Å². The summed E-state index contributed by atoms with van der Waals surface area (Å²) in [6, 6.07) is 19.3. The van der Waals surface area contributed by atoms with Crippen LogP contribution in [0.2, 0.25) is 15.1 Å². The number of hydrogen-bond acceptors (Lipinski definition) is 6. The molecule has 2 saturated carbocycles. The molecule has 0 amide bonds. The number of ether oxygens (including phenoxy) is 1. The summed E-state index contributed by atoms with van der Waals surface area (Å²) in [6.45, 7) is 2.32. The van der Waals surface area contributed by atoms with E-state index in [0.717, 1.165) is 29.7 Å². The van der Waals surface area contributed by atoms with Crippen molar-refractivity contribution in [2.75, 3.05) is 0 Å². The van der Waals surface area contributed by atoms with E-state index in [-0.39, 0.29) is 12.8 Å². The van der Waals surface area contributed by atoms with Crippen molar-refractivity contribution in [3.05, 3.63) is 104 Å². The minimum Gasteiger partial charge on any atom is -0.489 e. The molecule has 40 heavy (non-hydrogen) atoms. The van der Waals surface area contributed by atoms with Crippen molar-refractivity contribution in [3.63, 3.8) is 0 Å². The maximum Gasteiger partial charge on any atom is 0.373 e. The minimum absolute atomic E-state index is 0.238. The highest BCUT2D eigenvalue weighted by Crippen LogP contribution is 2.53. The van der Waals surface area contributed by atoms with Crippen molar-refractivity contribution in [3.8, 4) is 17.0 Å². The molecule has 0 unspecified atom stereocenters. The van der Waals surface area contributed by atoms with E-state index >= 15 is 0 Å². The molecule has 2 aliphatic rings. The van der Waals surface area contributed by atoms with E-state index in [1.54, 1.807) is 24.3 Å². The Balaban J connectivity index is 0.00000103. The Morgan fingerprint density at radius 2 is 1.65 bits per heavy atom. The van der Waals surface area contributed by atoms with E-state index in [1.807, 2.05) is 12.1 Å². The first kappa shape index (κ1) is 28.4. The molecule has 0 bridgehead atoms. The Kier molecular flexibility index (Phi) is 8.37. The van der Waals surface area contributed by atoms with Gasteiger partial charge in [-0.2, -0.15) is 9.59 Å². The lowest BCUT2D eigenvalue weighted by Crippen LogP contribution is -2.40. The molecule has 0 spiro atoms. The van der Waals surface area contributed by atoms with Gasteiger partial charge < -0.3 is 14.4 Å². The van der Waals surface area contributed by atoms with Gasteiger partial charge in [-0.3, -0.25) is 0 Å². The highest BCUT2D eigenvalue weighted by molar-refractivity contribution is 6.39. The van der Waals surface area contributed by atoms with Crippen LogP contribution in [-0.4, -0.2) is 16.4 Å². The predicted octanol–water partition coefficient (Wildman–Crippen LogP) is 8.25. The SMILES string of the molecule is Cc1cccc(C2CC(O)(c3ccc(OCc4c(-c5c(Cl)cccc5Cl)noc4C4CC4)cc3Cl)C2)c1.O=C=O. The Labute approximate surface area is 246 Å². The molecule has 0 saturated heterocycles. The fraction of sp³-hybridized carbons (Fsp3) is 0.290. The van der Waals surface area contributed by atoms with Gasteiger partial charge in [-0.15, -0.1) is 0 Å². The Hall–Kier alpha value is -3.12. The molecule has 3 aromatic carbocycles. The van der Waals surface area contributed by atoms with E-state index < -0.39 is 5.60 Å². The molecule has 1 N–H and O–H groups in total. The summed E-state index contributed by atoms with van der Waals surface area (Å²) >= 11 is 19.6. The number of nitrogens with zero attached hydrogens (tertiary/aromatic N) is 1. The fourth-order valence-corrected chi connectivity index (χ4v) is 6.22. The van der Waals surface area contributed by atoms with Crippen molar-refractivity contribution in [1.82, 2.24) is 5.16 Å². The lowest BCUT2D eigenvalue weighted by Gasteiger charge is -2.45. The number of benzene rings is 3. The van der Waals surface area contributed by atoms with Crippen LogP contribution in [0.1, 0.15) is 65.5 Å². The van der Waals surface area contributed by atoms with Gasteiger partial charge in [-0.1, -0.05) is 81.9 Å². The molecule has 0 aliphatic heterocycles. The van der Waals surface area contributed by atoms with Crippen LogP contribution in [0.3, 0.4) is 0 Å². The zero-order chi connectivity index (χ0) is 28.4. The molecule has 6 nitrogen and oxygen atoms in total. The molecule has 1 aromatic heterocycles. The lowest BCUT2D eigenvalue weighted by molar-refractivity contribution is -0.191. The molecule has 206 valence electrons. The summed E-state index contributed by atoms with van der Waals surface area (Å²) in [6.07, 6.45) is 3.65. The van der Waals surface area contributed by atoms with Gasteiger partial charge in [0, 0.05) is 17.0 Å². The zero-order valence-electron chi connectivity index (χ0n) is 21.6. The summed E-state index contributed by atoms with van der Waals surface area (Å²) in [5, 5.41) is 17.1. The normalized spacial score (nSPS) is 19.7. The first-order valence-corrected chi connectivity index (χ1v) is 14.0. The van der Waals surface area contributed by atoms with E-state index in [0.29, 0.717) is 56.8 Å². The summed E-state index contributed by atoms with van der Waals surface area (Å²) in [5.41, 5.74) is 4.37.